The van der Waals surface area contributed by atoms with Gasteiger partial charge in [-0.15, -0.1) is 6.42 Å². The normalized spacial score (nSPS) is 50.8. The molecule has 2 saturated carbocycles. The van der Waals surface area contributed by atoms with E-state index in [0.29, 0.717) is 5.92 Å². The molecule has 0 saturated heterocycles. The molecule has 0 spiro atoms. The molecule has 4 rings (SSSR count). The molecule has 120 valence electrons. The van der Waals surface area contributed by atoms with Crippen LogP contribution in [-0.2, 0) is 0 Å². The second-order valence-electron chi connectivity index (χ2n) is 8.89. The zero-order valence-corrected chi connectivity index (χ0v) is 14.2. The number of hydrogen-bond donors (Lipinski definition) is 1. The predicted molar refractivity (Wildman–Crippen MR) is 90.1 cm³/mol. The number of allylic oxidation sites excluding steroid dienone is 2. The average molecular weight is 298 g/mol. The molecule has 0 radical (unpaired) electrons. The van der Waals surface area contributed by atoms with Crippen LogP contribution >= 0.6 is 0 Å². The summed E-state index contributed by atoms with van der Waals surface area (Å²) in [5, 5.41) is 11.0. The van der Waals surface area contributed by atoms with Crippen molar-refractivity contribution in [2.75, 3.05) is 0 Å². The third-order valence-corrected chi connectivity index (χ3v) is 8.01. The van der Waals surface area contributed by atoms with Gasteiger partial charge in [-0.3, -0.25) is 0 Å². The molecular formula is C21H30O. The fraction of sp³-hybridized carbons (Fsp3) is 0.810. The van der Waals surface area contributed by atoms with Crippen molar-refractivity contribution in [1.82, 2.24) is 0 Å². The molecule has 0 aromatic rings. The Labute approximate surface area is 135 Å². The highest BCUT2D eigenvalue weighted by molar-refractivity contribution is 5.29. The van der Waals surface area contributed by atoms with Crippen molar-refractivity contribution < 1.29 is 5.11 Å². The molecule has 2 fully saturated rings. The highest BCUT2D eigenvalue weighted by Crippen LogP contribution is 2.64. The van der Waals surface area contributed by atoms with Gasteiger partial charge in [0, 0.05) is 5.41 Å². The summed E-state index contributed by atoms with van der Waals surface area (Å²) in [7, 11) is 0. The monoisotopic (exact) mass is 298 g/mol. The topological polar surface area (TPSA) is 20.2 Å². The van der Waals surface area contributed by atoms with Gasteiger partial charge < -0.3 is 5.11 Å². The van der Waals surface area contributed by atoms with E-state index in [-0.39, 0.29) is 5.41 Å². The molecule has 1 N–H and O–H groups in total. The minimum atomic E-state index is -0.849. The maximum atomic E-state index is 11.0. The maximum Gasteiger partial charge on any atom is 0.130 e. The van der Waals surface area contributed by atoms with Crippen LogP contribution < -0.4 is 0 Å². The number of rotatable bonds is 0. The lowest BCUT2D eigenvalue weighted by Crippen LogP contribution is -2.50. The lowest BCUT2D eigenvalue weighted by Gasteiger charge is -2.53. The van der Waals surface area contributed by atoms with Gasteiger partial charge in [-0.2, -0.15) is 0 Å². The molecule has 0 aliphatic heterocycles. The average Bonchev–Trinajstić information content (AvgIpc) is 2.79. The van der Waals surface area contributed by atoms with E-state index in [1.807, 2.05) is 11.1 Å². The van der Waals surface area contributed by atoms with E-state index in [1.165, 1.54) is 38.5 Å². The summed E-state index contributed by atoms with van der Waals surface area (Å²) in [5.74, 6) is 5.91. The van der Waals surface area contributed by atoms with Crippen LogP contribution in [0.15, 0.2) is 11.1 Å². The molecule has 0 bridgehead atoms. The van der Waals surface area contributed by atoms with Gasteiger partial charge in [0.1, 0.15) is 5.60 Å². The minimum Gasteiger partial charge on any atom is -0.377 e. The van der Waals surface area contributed by atoms with Gasteiger partial charge >= 0.3 is 0 Å². The van der Waals surface area contributed by atoms with Gasteiger partial charge in [-0.05, 0) is 81.5 Å². The SMILES string of the molecule is C#C[C@]1(O)CC[C@H]2[C@@H]3CCC4=C(CCC(C)C4)[C@H]3CC[C@@]21C. The summed E-state index contributed by atoms with van der Waals surface area (Å²) in [5.41, 5.74) is 2.77. The Morgan fingerprint density at radius 1 is 1.14 bits per heavy atom. The van der Waals surface area contributed by atoms with E-state index in [4.69, 9.17) is 6.42 Å². The Bertz CT molecular complexity index is 553. The summed E-state index contributed by atoms with van der Waals surface area (Å²) in [6, 6.07) is 0. The third kappa shape index (κ3) is 1.83. The lowest BCUT2D eigenvalue weighted by atomic mass is 9.52. The van der Waals surface area contributed by atoms with Gasteiger partial charge in [-0.1, -0.05) is 30.9 Å². The van der Waals surface area contributed by atoms with E-state index in [0.717, 1.165) is 37.0 Å². The molecule has 4 aliphatic carbocycles. The van der Waals surface area contributed by atoms with Crippen molar-refractivity contribution in [1.29, 1.82) is 0 Å². The van der Waals surface area contributed by atoms with Gasteiger partial charge in [0.2, 0.25) is 0 Å². The first-order valence-electron chi connectivity index (χ1n) is 9.39. The van der Waals surface area contributed by atoms with Crippen molar-refractivity contribution in [2.45, 2.75) is 77.2 Å². The summed E-state index contributed by atoms with van der Waals surface area (Å²) >= 11 is 0. The van der Waals surface area contributed by atoms with Crippen LogP contribution in [0.3, 0.4) is 0 Å². The van der Waals surface area contributed by atoms with E-state index in [2.05, 4.69) is 19.8 Å². The first-order valence-corrected chi connectivity index (χ1v) is 9.39. The molecular weight excluding hydrogens is 268 g/mol. The van der Waals surface area contributed by atoms with Gasteiger partial charge in [0.05, 0.1) is 0 Å². The molecule has 6 atom stereocenters. The lowest BCUT2D eigenvalue weighted by molar-refractivity contribution is -0.0711. The zero-order chi connectivity index (χ0) is 15.5. The molecule has 0 amide bonds. The van der Waals surface area contributed by atoms with Crippen molar-refractivity contribution in [3.8, 4) is 12.3 Å². The number of terminal acetylenes is 1. The summed E-state index contributed by atoms with van der Waals surface area (Å²) in [4.78, 5) is 0. The predicted octanol–water partition coefficient (Wildman–Crippen LogP) is 4.70. The van der Waals surface area contributed by atoms with Crippen molar-refractivity contribution in [2.24, 2.45) is 29.1 Å². The van der Waals surface area contributed by atoms with Crippen LogP contribution in [0.5, 0.6) is 0 Å². The smallest absolute Gasteiger partial charge is 0.130 e. The van der Waals surface area contributed by atoms with E-state index in [1.54, 1.807) is 0 Å². The molecule has 0 aromatic carbocycles. The molecule has 0 heterocycles. The van der Waals surface area contributed by atoms with Crippen molar-refractivity contribution in [3.63, 3.8) is 0 Å². The van der Waals surface area contributed by atoms with Crippen molar-refractivity contribution in [3.05, 3.63) is 11.1 Å². The number of fused-ring (bicyclic) bond motifs is 4. The van der Waals surface area contributed by atoms with E-state index >= 15 is 0 Å². The number of aliphatic hydroxyl groups is 1. The Morgan fingerprint density at radius 2 is 1.95 bits per heavy atom. The van der Waals surface area contributed by atoms with Crippen LogP contribution in [0.2, 0.25) is 0 Å². The molecule has 1 unspecified atom stereocenters. The van der Waals surface area contributed by atoms with Crippen LogP contribution in [0.1, 0.15) is 71.6 Å². The van der Waals surface area contributed by atoms with Crippen LogP contribution in [0, 0.1) is 41.4 Å². The fourth-order valence-electron chi connectivity index (χ4n) is 6.66. The van der Waals surface area contributed by atoms with Gasteiger partial charge in [0.15, 0.2) is 0 Å². The fourth-order valence-corrected chi connectivity index (χ4v) is 6.66. The molecule has 0 aromatic heterocycles. The molecule has 1 nitrogen and oxygen atoms in total. The first kappa shape index (κ1) is 14.8. The second-order valence-corrected chi connectivity index (χ2v) is 8.89. The standard InChI is InChI=1S/C21H30O/c1-4-21(22)12-10-19-18-8-6-15-13-14(2)5-7-16(15)17(18)9-11-20(19,21)3/h1,14,17-19,22H,5-13H2,2-3H3/t14?,17-,18-,19+,20+,21+/m1/s1. The Hall–Kier alpha value is -0.740. The number of hydrogen-bond acceptors (Lipinski definition) is 1. The Balaban J connectivity index is 1.66. The third-order valence-electron chi connectivity index (χ3n) is 8.01. The van der Waals surface area contributed by atoms with Gasteiger partial charge in [-0.25, -0.2) is 0 Å². The van der Waals surface area contributed by atoms with Crippen LogP contribution in [-0.4, -0.2) is 10.7 Å². The van der Waals surface area contributed by atoms with Crippen molar-refractivity contribution >= 4 is 0 Å². The maximum absolute atomic E-state index is 11.0. The summed E-state index contributed by atoms with van der Waals surface area (Å²) in [6.07, 6.45) is 16.8. The molecule has 4 aliphatic rings. The summed E-state index contributed by atoms with van der Waals surface area (Å²) < 4.78 is 0. The summed E-state index contributed by atoms with van der Waals surface area (Å²) in [6.45, 7) is 4.70. The van der Waals surface area contributed by atoms with Crippen LogP contribution in [0.25, 0.3) is 0 Å². The Kier molecular flexibility index (Phi) is 3.29. The molecule has 22 heavy (non-hydrogen) atoms. The first-order chi connectivity index (χ1) is 10.5. The Morgan fingerprint density at radius 3 is 2.73 bits per heavy atom. The quantitative estimate of drug-likeness (QED) is 0.507. The second kappa shape index (κ2) is 4.88. The van der Waals surface area contributed by atoms with Crippen LogP contribution in [0.4, 0.5) is 0 Å². The minimum absolute atomic E-state index is 0.0388. The van der Waals surface area contributed by atoms with Gasteiger partial charge in [0.25, 0.3) is 0 Å². The van der Waals surface area contributed by atoms with E-state index < -0.39 is 5.60 Å². The van der Waals surface area contributed by atoms with E-state index in [9.17, 15) is 5.11 Å². The zero-order valence-electron chi connectivity index (χ0n) is 14.2. The highest BCUT2D eigenvalue weighted by atomic mass is 16.3. The largest absolute Gasteiger partial charge is 0.377 e. The molecule has 1 heteroatoms. The highest BCUT2D eigenvalue weighted by Gasteiger charge is 2.61.